The molecule has 136 valence electrons. The van der Waals surface area contributed by atoms with Crippen molar-refractivity contribution in [3.63, 3.8) is 0 Å². The maximum Gasteiger partial charge on any atom is 0.286 e. The highest BCUT2D eigenvalue weighted by Crippen LogP contribution is 2.17. The number of nitrogens with zero attached hydrogens (tertiary/aromatic N) is 3. The van der Waals surface area contributed by atoms with E-state index in [2.05, 4.69) is 55.2 Å². The van der Waals surface area contributed by atoms with E-state index in [-0.39, 0.29) is 5.91 Å². The molecule has 2 aromatic rings. The predicted molar refractivity (Wildman–Crippen MR) is 104 cm³/mol. The van der Waals surface area contributed by atoms with Crippen molar-refractivity contribution in [3.05, 3.63) is 39.8 Å². The Morgan fingerprint density at radius 2 is 1.88 bits per heavy atom. The summed E-state index contributed by atoms with van der Waals surface area (Å²) in [6, 6.07) is 8.34. The van der Waals surface area contributed by atoms with Gasteiger partial charge in [0, 0.05) is 11.7 Å². The maximum atomic E-state index is 12.3. The van der Waals surface area contributed by atoms with Gasteiger partial charge in [-0.05, 0) is 50.4 Å². The molecule has 1 aromatic carbocycles. The molecular formula is C19H28N4OS. The SMILES string of the molecule is CCc1ccc(NC(=O)c2nnc(CN(C)C(C)CC(C)C)s2)cc1. The molecule has 25 heavy (non-hydrogen) atoms. The standard InChI is InChI=1S/C19H28N4OS/c1-6-15-7-9-16(10-8-15)20-18(24)19-22-21-17(25-19)12-23(5)14(4)11-13(2)3/h7-10,13-14H,6,11-12H2,1-5H3,(H,20,24). The highest BCUT2D eigenvalue weighted by atomic mass is 32.1. The van der Waals surface area contributed by atoms with E-state index in [0.717, 1.165) is 23.5 Å². The van der Waals surface area contributed by atoms with E-state index < -0.39 is 0 Å². The van der Waals surface area contributed by atoms with Gasteiger partial charge in [-0.1, -0.05) is 44.2 Å². The molecule has 0 bridgehead atoms. The van der Waals surface area contributed by atoms with Gasteiger partial charge in [0.15, 0.2) is 0 Å². The van der Waals surface area contributed by atoms with Gasteiger partial charge in [0.05, 0.1) is 6.54 Å². The number of carbonyl (C=O) groups is 1. The molecular weight excluding hydrogens is 332 g/mol. The molecule has 1 N–H and O–H groups in total. The van der Waals surface area contributed by atoms with E-state index >= 15 is 0 Å². The first-order chi connectivity index (χ1) is 11.9. The zero-order valence-corrected chi connectivity index (χ0v) is 16.6. The minimum atomic E-state index is -0.203. The lowest BCUT2D eigenvalue weighted by Gasteiger charge is -2.24. The summed E-state index contributed by atoms with van der Waals surface area (Å²) in [5.74, 6) is 0.457. The molecule has 0 spiro atoms. The highest BCUT2D eigenvalue weighted by Gasteiger charge is 2.17. The van der Waals surface area contributed by atoms with Crippen LogP contribution in [0.3, 0.4) is 0 Å². The summed E-state index contributed by atoms with van der Waals surface area (Å²) in [4.78, 5) is 14.6. The van der Waals surface area contributed by atoms with Crippen LogP contribution in [0.4, 0.5) is 5.69 Å². The molecule has 0 aliphatic rings. The third-order valence-corrected chi connectivity index (χ3v) is 5.14. The molecule has 1 unspecified atom stereocenters. The van der Waals surface area contributed by atoms with Crippen LogP contribution < -0.4 is 5.32 Å². The molecule has 0 aliphatic heterocycles. The molecule has 0 fully saturated rings. The molecule has 1 aromatic heterocycles. The fourth-order valence-electron chi connectivity index (χ4n) is 2.65. The number of nitrogens with one attached hydrogen (secondary N) is 1. The van der Waals surface area contributed by atoms with Crippen molar-refractivity contribution in [3.8, 4) is 0 Å². The highest BCUT2D eigenvalue weighted by molar-refractivity contribution is 7.13. The fourth-order valence-corrected chi connectivity index (χ4v) is 3.45. The molecule has 1 heterocycles. The first kappa shape index (κ1) is 19.5. The first-order valence-electron chi connectivity index (χ1n) is 8.82. The van der Waals surface area contributed by atoms with Crippen molar-refractivity contribution in [2.45, 2.75) is 53.1 Å². The van der Waals surface area contributed by atoms with Crippen molar-refractivity contribution in [1.82, 2.24) is 15.1 Å². The van der Waals surface area contributed by atoms with Crippen LogP contribution in [0.15, 0.2) is 24.3 Å². The number of rotatable bonds is 8. The molecule has 1 amide bonds. The van der Waals surface area contributed by atoms with Crippen LogP contribution in [-0.4, -0.2) is 34.1 Å². The molecule has 0 saturated heterocycles. The molecule has 6 heteroatoms. The minimum Gasteiger partial charge on any atom is -0.320 e. The number of aromatic nitrogens is 2. The normalized spacial score (nSPS) is 12.6. The fraction of sp³-hybridized carbons (Fsp3) is 0.526. The summed E-state index contributed by atoms with van der Waals surface area (Å²) in [6.45, 7) is 9.49. The summed E-state index contributed by atoms with van der Waals surface area (Å²) in [5, 5.41) is 12.4. The van der Waals surface area contributed by atoms with Crippen molar-refractivity contribution >= 4 is 22.9 Å². The summed E-state index contributed by atoms with van der Waals surface area (Å²) in [7, 11) is 2.09. The van der Waals surface area contributed by atoms with Gasteiger partial charge in [-0.3, -0.25) is 9.69 Å². The number of benzene rings is 1. The zero-order valence-electron chi connectivity index (χ0n) is 15.7. The van der Waals surface area contributed by atoms with Gasteiger partial charge in [0.25, 0.3) is 5.91 Å². The second-order valence-electron chi connectivity index (χ2n) is 6.90. The van der Waals surface area contributed by atoms with Crippen LogP contribution in [0.1, 0.15) is 54.5 Å². The van der Waals surface area contributed by atoms with Crippen LogP contribution in [0.25, 0.3) is 0 Å². The van der Waals surface area contributed by atoms with Gasteiger partial charge in [-0.2, -0.15) is 0 Å². The van der Waals surface area contributed by atoms with Crippen LogP contribution in [0.2, 0.25) is 0 Å². The summed E-state index contributed by atoms with van der Waals surface area (Å²) >= 11 is 1.36. The molecule has 0 radical (unpaired) electrons. The van der Waals surface area contributed by atoms with E-state index in [1.807, 2.05) is 24.3 Å². The van der Waals surface area contributed by atoms with Crippen LogP contribution in [0.5, 0.6) is 0 Å². The average Bonchev–Trinajstić information content (AvgIpc) is 3.03. The van der Waals surface area contributed by atoms with E-state index in [1.54, 1.807) is 0 Å². The number of aryl methyl sites for hydroxylation is 1. The van der Waals surface area contributed by atoms with Crippen molar-refractivity contribution in [1.29, 1.82) is 0 Å². The predicted octanol–water partition coefficient (Wildman–Crippen LogP) is 4.22. The van der Waals surface area contributed by atoms with E-state index in [9.17, 15) is 4.79 Å². The van der Waals surface area contributed by atoms with Crippen LogP contribution in [-0.2, 0) is 13.0 Å². The van der Waals surface area contributed by atoms with Gasteiger partial charge in [-0.25, -0.2) is 0 Å². The van der Waals surface area contributed by atoms with Crippen LogP contribution in [0, 0.1) is 5.92 Å². The Bertz CT molecular complexity index is 681. The Hall–Kier alpha value is -1.79. The zero-order chi connectivity index (χ0) is 18.4. The van der Waals surface area contributed by atoms with Crippen molar-refractivity contribution in [2.75, 3.05) is 12.4 Å². The largest absolute Gasteiger partial charge is 0.320 e. The summed E-state index contributed by atoms with van der Waals surface area (Å²) in [6.07, 6.45) is 2.12. The number of hydrogen-bond donors (Lipinski definition) is 1. The van der Waals surface area contributed by atoms with Gasteiger partial charge in [-0.15, -0.1) is 10.2 Å². The quantitative estimate of drug-likeness (QED) is 0.766. The smallest absolute Gasteiger partial charge is 0.286 e. The van der Waals surface area contributed by atoms with Gasteiger partial charge >= 0.3 is 0 Å². The van der Waals surface area contributed by atoms with Gasteiger partial charge in [0.2, 0.25) is 5.01 Å². The van der Waals surface area contributed by atoms with Crippen molar-refractivity contribution < 1.29 is 4.79 Å². The third-order valence-electron chi connectivity index (χ3n) is 4.23. The van der Waals surface area contributed by atoms with Crippen molar-refractivity contribution in [2.24, 2.45) is 5.92 Å². The van der Waals surface area contributed by atoms with Gasteiger partial charge < -0.3 is 5.32 Å². The number of anilines is 1. The van der Waals surface area contributed by atoms with E-state index in [1.165, 1.54) is 16.9 Å². The van der Waals surface area contributed by atoms with E-state index in [4.69, 9.17) is 0 Å². The monoisotopic (exact) mass is 360 g/mol. The Morgan fingerprint density at radius 3 is 2.48 bits per heavy atom. The van der Waals surface area contributed by atoms with E-state index in [0.29, 0.717) is 23.5 Å². The second-order valence-corrected chi connectivity index (χ2v) is 7.96. The molecule has 2 rings (SSSR count). The number of carbonyl (C=O) groups excluding carboxylic acids is 1. The first-order valence-corrected chi connectivity index (χ1v) is 9.63. The molecule has 0 aliphatic carbocycles. The lowest BCUT2D eigenvalue weighted by Crippen LogP contribution is -2.29. The lowest BCUT2D eigenvalue weighted by molar-refractivity contribution is 0.102. The average molecular weight is 361 g/mol. The molecule has 1 atom stereocenters. The van der Waals surface area contributed by atoms with Gasteiger partial charge in [0.1, 0.15) is 5.01 Å². The lowest BCUT2D eigenvalue weighted by atomic mass is 10.0. The van der Waals surface area contributed by atoms with Crippen LogP contribution >= 0.6 is 11.3 Å². The topological polar surface area (TPSA) is 58.1 Å². The summed E-state index contributed by atoms with van der Waals surface area (Å²) in [5.41, 5.74) is 2.02. The molecule has 0 saturated carbocycles. The minimum absolute atomic E-state index is 0.203. The summed E-state index contributed by atoms with van der Waals surface area (Å²) < 4.78 is 0. The number of amides is 1. The Morgan fingerprint density at radius 1 is 1.20 bits per heavy atom. The number of hydrogen-bond acceptors (Lipinski definition) is 5. The third kappa shape index (κ3) is 5.90. The Balaban J connectivity index is 1.94. The Kier molecular flexibility index (Phi) is 7.08. The Labute approximate surface area is 154 Å². The maximum absolute atomic E-state index is 12.3. The second kappa shape index (κ2) is 9.06. The molecule has 5 nitrogen and oxygen atoms in total.